The van der Waals surface area contributed by atoms with Gasteiger partial charge in [-0.05, 0) is 36.4 Å². The molecule has 0 radical (unpaired) electrons. The highest BCUT2D eigenvalue weighted by Crippen LogP contribution is 2.19. The number of nitrogens with one attached hydrogen (secondary N) is 1. The van der Waals surface area contributed by atoms with Crippen LogP contribution in [0.3, 0.4) is 0 Å². The van der Waals surface area contributed by atoms with Gasteiger partial charge < -0.3 is 19.4 Å². The number of esters is 1. The van der Waals surface area contributed by atoms with Crippen LogP contribution in [-0.4, -0.2) is 40.4 Å². The van der Waals surface area contributed by atoms with E-state index in [1.807, 2.05) is 17.7 Å². The van der Waals surface area contributed by atoms with Crippen molar-refractivity contribution in [1.82, 2.24) is 9.55 Å². The van der Waals surface area contributed by atoms with Crippen LogP contribution in [0.4, 0.5) is 5.69 Å². The monoisotopic (exact) mass is 436 g/mol. The van der Waals surface area contributed by atoms with Gasteiger partial charge in [-0.2, -0.15) is 5.26 Å². The van der Waals surface area contributed by atoms with Gasteiger partial charge in [0.15, 0.2) is 5.16 Å². The third-order valence-electron chi connectivity index (χ3n) is 4.10. The maximum absolute atomic E-state index is 12.4. The zero-order valence-electron chi connectivity index (χ0n) is 16.8. The molecular weight excluding hydrogens is 416 g/mol. The number of aryl methyl sites for hydroxylation is 1. The molecular formula is C22H20N4O4S. The van der Waals surface area contributed by atoms with Crippen LogP contribution in [0.15, 0.2) is 66.1 Å². The number of nitrogens with zero attached hydrogens (tertiary/aromatic N) is 3. The van der Waals surface area contributed by atoms with Crippen molar-refractivity contribution in [3.8, 4) is 11.8 Å². The molecule has 0 fully saturated rings. The van der Waals surface area contributed by atoms with Gasteiger partial charge in [-0.1, -0.05) is 23.9 Å². The number of nitriles is 1. The van der Waals surface area contributed by atoms with E-state index in [1.54, 1.807) is 60.9 Å². The Morgan fingerprint density at radius 2 is 1.94 bits per heavy atom. The van der Waals surface area contributed by atoms with E-state index < -0.39 is 5.97 Å². The van der Waals surface area contributed by atoms with Gasteiger partial charge in [0, 0.05) is 19.4 Å². The Morgan fingerprint density at radius 3 is 2.65 bits per heavy atom. The zero-order chi connectivity index (χ0) is 22.1. The van der Waals surface area contributed by atoms with Crippen LogP contribution in [0.2, 0.25) is 0 Å². The second-order valence-electron chi connectivity index (χ2n) is 6.32. The summed E-state index contributed by atoms with van der Waals surface area (Å²) in [5.74, 6) is -0.0754. The molecule has 0 atom stereocenters. The predicted molar refractivity (Wildman–Crippen MR) is 116 cm³/mol. The number of rotatable bonds is 9. The second-order valence-corrected chi connectivity index (χ2v) is 7.27. The van der Waals surface area contributed by atoms with Gasteiger partial charge in [0.2, 0.25) is 5.91 Å². The van der Waals surface area contributed by atoms with Crippen molar-refractivity contribution in [2.75, 3.05) is 24.3 Å². The van der Waals surface area contributed by atoms with Crippen molar-refractivity contribution in [1.29, 1.82) is 5.26 Å². The van der Waals surface area contributed by atoms with Crippen molar-refractivity contribution in [3.63, 3.8) is 0 Å². The van der Waals surface area contributed by atoms with Crippen LogP contribution in [-0.2, 0) is 16.6 Å². The van der Waals surface area contributed by atoms with E-state index in [-0.39, 0.29) is 30.4 Å². The van der Waals surface area contributed by atoms with Gasteiger partial charge in [0.25, 0.3) is 0 Å². The Labute approximate surface area is 183 Å². The van der Waals surface area contributed by atoms with Crippen molar-refractivity contribution in [2.45, 2.75) is 5.16 Å². The average Bonchev–Trinajstić information content (AvgIpc) is 3.20. The highest BCUT2D eigenvalue weighted by molar-refractivity contribution is 7.99. The molecule has 1 amide bonds. The first-order valence-electron chi connectivity index (χ1n) is 9.36. The number of thioether (sulfide) groups is 1. The summed E-state index contributed by atoms with van der Waals surface area (Å²) in [6.07, 6.45) is 3.47. The first-order valence-corrected chi connectivity index (χ1v) is 10.3. The number of ether oxygens (including phenoxy) is 2. The Kier molecular flexibility index (Phi) is 7.67. The third-order valence-corrected chi connectivity index (χ3v) is 5.16. The van der Waals surface area contributed by atoms with E-state index >= 15 is 0 Å². The molecule has 2 aromatic carbocycles. The summed E-state index contributed by atoms with van der Waals surface area (Å²) in [5.41, 5.74) is 1.18. The van der Waals surface area contributed by atoms with Crippen LogP contribution in [0.25, 0.3) is 0 Å². The maximum atomic E-state index is 12.4. The minimum atomic E-state index is -0.559. The normalized spacial score (nSPS) is 10.2. The number of benzene rings is 2. The smallest absolute Gasteiger partial charge is 0.340 e. The molecule has 0 bridgehead atoms. The fraction of sp³-hybridized carbons (Fsp3) is 0.182. The molecule has 1 heterocycles. The quantitative estimate of drug-likeness (QED) is 0.312. The summed E-state index contributed by atoms with van der Waals surface area (Å²) in [7, 11) is 1.85. The number of imidazole rings is 1. The Hall–Kier alpha value is -3.77. The number of aromatic nitrogens is 2. The topological polar surface area (TPSA) is 106 Å². The molecule has 1 N–H and O–H groups in total. The van der Waals surface area contributed by atoms with E-state index in [1.165, 1.54) is 11.8 Å². The molecule has 0 unspecified atom stereocenters. The maximum Gasteiger partial charge on any atom is 0.340 e. The van der Waals surface area contributed by atoms with Crippen LogP contribution in [0.5, 0.6) is 5.75 Å². The number of carbonyl (C=O) groups is 2. The Balaban J connectivity index is 1.49. The molecule has 158 valence electrons. The highest BCUT2D eigenvalue weighted by atomic mass is 32.2. The van der Waals surface area contributed by atoms with Crippen molar-refractivity contribution >= 4 is 29.3 Å². The highest BCUT2D eigenvalue weighted by Gasteiger charge is 2.15. The third kappa shape index (κ3) is 6.35. The van der Waals surface area contributed by atoms with E-state index in [9.17, 15) is 9.59 Å². The van der Waals surface area contributed by atoms with Crippen molar-refractivity contribution < 1.29 is 19.1 Å². The fourth-order valence-corrected chi connectivity index (χ4v) is 3.31. The number of hydrogen-bond donors (Lipinski definition) is 1. The van der Waals surface area contributed by atoms with E-state index in [0.29, 0.717) is 17.0 Å². The van der Waals surface area contributed by atoms with Crippen LogP contribution in [0, 0.1) is 11.3 Å². The van der Waals surface area contributed by atoms with Crippen LogP contribution in [0.1, 0.15) is 15.9 Å². The van der Waals surface area contributed by atoms with Gasteiger partial charge >= 0.3 is 5.97 Å². The summed E-state index contributed by atoms with van der Waals surface area (Å²) in [5, 5.41) is 12.3. The first kappa shape index (κ1) is 21.9. The van der Waals surface area contributed by atoms with E-state index in [0.717, 1.165) is 5.16 Å². The summed E-state index contributed by atoms with van der Waals surface area (Å²) in [6, 6.07) is 15.3. The summed E-state index contributed by atoms with van der Waals surface area (Å²) >= 11 is 1.30. The van der Waals surface area contributed by atoms with Gasteiger partial charge in [0.05, 0.1) is 28.6 Å². The minimum Gasteiger partial charge on any atom is -0.490 e. The standard InChI is InChI=1S/C22H20N4O4S/c1-26-11-10-24-22(26)31-15-20(27)25-19-5-3-2-4-18(19)21(28)30-13-12-29-17-8-6-16(14-23)7-9-17/h2-11H,12-13,15H2,1H3,(H,25,27). The van der Waals surface area contributed by atoms with Gasteiger partial charge in [0.1, 0.15) is 19.0 Å². The SMILES string of the molecule is Cn1ccnc1SCC(=O)Nc1ccccc1C(=O)OCCOc1ccc(C#N)cc1. The van der Waals surface area contributed by atoms with Crippen molar-refractivity contribution in [3.05, 3.63) is 72.1 Å². The predicted octanol–water partition coefficient (Wildman–Crippen LogP) is 3.26. The van der Waals surface area contributed by atoms with Gasteiger partial charge in [-0.25, -0.2) is 9.78 Å². The Bertz CT molecular complexity index is 1090. The van der Waals surface area contributed by atoms with Crippen molar-refractivity contribution in [2.24, 2.45) is 7.05 Å². The van der Waals surface area contributed by atoms with E-state index in [4.69, 9.17) is 14.7 Å². The summed E-state index contributed by atoms with van der Waals surface area (Å²) in [4.78, 5) is 28.9. The Morgan fingerprint density at radius 1 is 1.16 bits per heavy atom. The molecule has 31 heavy (non-hydrogen) atoms. The molecule has 0 saturated heterocycles. The number of anilines is 1. The summed E-state index contributed by atoms with van der Waals surface area (Å²) in [6.45, 7) is 0.197. The molecule has 0 aliphatic heterocycles. The largest absolute Gasteiger partial charge is 0.490 e. The molecule has 0 aliphatic rings. The number of carbonyl (C=O) groups excluding carboxylic acids is 2. The fourth-order valence-electron chi connectivity index (χ4n) is 2.57. The lowest BCUT2D eigenvalue weighted by Crippen LogP contribution is -2.18. The summed E-state index contributed by atoms with van der Waals surface area (Å²) < 4.78 is 12.6. The van der Waals surface area contributed by atoms with Crippen LogP contribution < -0.4 is 10.1 Å². The lowest BCUT2D eigenvalue weighted by Gasteiger charge is -2.11. The molecule has 3 aromatic rings. The molecule has 8 nitrogen and oxygen atoms in total. The lowest BCUT2D eigenvalue weighted by atomic mass is 10.2. The molecule has 0 saturated carbocycles. The van der Waals surface area contributed by atoms with E-state index in [2.05, 4.69) is 10.3 Å². The second kappa shape index (κ2) is 10.8. The minimum absolute atomic E-state index is 0.0378. The number of amides is 1. The number of hydrogen-bond acceptors (Lipinski definition) is 7. The molecule has 1 aromatic heterocycles. The molecule has 0 aliphatic carbocycles. The first-order chi connectivity index (χ1) is 15.1. The number of para-hydroxylation sites is 1. The molecule has 0 spiro atoms. The van der Waals surface area contributed by atoms with Gasteiger partial charge in [-0.3, -0.25) is 4.79 Å². The molecule has 3 rings (SSSR count). The van der Waals surface area contributed by atoms with Gasteiger partial charge in [-0.15, -0.1) is 0 Å². The van der Waals surface area contributed by atoms with Crippen LogP contribution >= 0.6 is 11.8 Å². The lowest BCUT2D eigenvalue weighted by molar-refractivity contribution is -0.113. The average molecular weight is 436 g/mol. The zero-order valence-corrected chi connectivity index (χ0v) is 17.6. The molecule has 9 heteroatoms.